The Morgan fingerprint density at radius 3 is 2.30 bits per heavy atom. The summed E-state index contributed by atoms with van der Waals surface area (Å²) in [7, 11) is 0. The molecule has 0 atom stereocenters. The standard InChI is InChI=1S/C17H14Cl2N2O2/c18-14-6-2-5-13(15(14)19)17(23)21-12-4-1-3-11(9-12)20-16(22)10-7-8-10/h1-6,9-10H,7-8H2,(H,20,22)(H,21,23). The fourth-order valence-corrected chi connectivity index (χ4v) is 2.53. The molecule has 4 nitrogen and oxygen atoms in total. The largest absolute Gasteiger partial charge is 0.326 e. The van der Waals surface area contributed by atoms with Crippen molar-refractivity contribution in [2.75, 3.05) is 10.6 Å². The van der Waals surface area contributed by atoms with Gasteiger partial charge in [-0.1, -0.05) is 35.3 Å². The van der Waals surface area contributed by atoms with Crippen LogP contribution in [0.25, 0.3) is 0 Å². The van der Waals surface area contributed by atoms with Crippen molar-refractivity contribution < 1.29 is 9.59 Å². The zero-order chi connectivity index (χ0) is 16.4. The molecule has 0 radical (unpaired) electrons. The third-order valence-corrected chi connectivity index (χ3v) is 4.35. The van der Waals surface area contributed by atoms with E-state index in [4.69, 9.17) is 23.2 Å². The van der Waals surface area contributed by atoms with E-state index in [-0.39, 0.29) is 22.8 Å². The van der Waals surface area contributed by atoms with Crippen molar-refractivity contribution in [3.05, 3.63) is 58.1 Å². The molecule has 0 heterocycles. The quantitative estimate of drug-likeness (QED) is 0.848. The number of halogens is 2. The van der Waals surface area contributed by atoms with Crippen LogP contribution in [0.15, 0.2) is 42.5 Å². The first-order valence-electron chi connectivity index (χ1n) is 7.21. The highest BCUT2D eigenvalue weighted by molar-refractivity contribution is 6.44. The van der Waals surface area contributed by atoms with Crippen LogP contribution < -0.4 is 10.6 Å². The maximum atomic E-state index is 12.3. The summed E-state index contributed by atoms with van der Waals surface area (Å²) in [6.45, 7) is 0. The van der Waals surface area contributed by atoms with Crippen molar-refractivity contribution in [1.29, 1.82) is 0 Å². The molecule has 2 amide bonds. The van der Waals surface area contributed by atoms with Gasteiger partial charge in [0, 0.05) is 17.3 Å². The number of carbonyl (C=O) groups is 2. The zero-order valence-electron chi connectivity index (χ0n) is 12.1. The van der Waals surface area contributed by atoms with Gasteiger partial charge in [-0.2, -0.15) is 0 Å². The molecule has 0 aromatic heterocycles. The van der Waals surface area contributed by atoms with Crippen LogP contribution in [0.2, 0.25) is 10.0 Å². The van der Waals surface area contributed by atoms with E-state index < -0.39 is 0 Å². The first-order valence-corrected chi connectivity index (χ1v) is 7.96. The Morgan fingerprint density at radius 1 is 0.957 bits per heavy atom. The summed E-state index contributed by atoms with van der Waals surface area (Å²) in [6, 6.07) is 11.9. The molecule has 23 heavy (non-hydrogen) atoms. The molecule has 1 fully saturated rings. The van der Waals surface area contributed by atoms with E-state index >= 15 is 0 Å². The second kappa shape index (κ2) is 6.60. The lowest BCUT2D eigenvalue weighted by molar-refractivity contribution is -0.117. The molecule has 0 bridgehead atoms. The number of benzene rings is 2. The predicted octanol–water partition coefficient (Wildman–Crippen LogP) is 4.59. The third-order valence-electron chi connectivity index (χ3n) is 3.53. The molecule has 2 aromatic carbocycles. The Morgan fingerprint density at radius 2 is 1.61 bits per heavy atom. The molecule has 1 aliphatic rings. The molecular formula is C17H14Cl2N2O2. The molecule has 0 unspecified atom stereocenters. The van der Waals surface area contributed by atoms with Gasteiger partial charge in [0.05, 0.1) is 15.6 Å². The van der Waals surface area contributed by atoms with Crippen molar-refractivity contribution in [3.8, 4) is 0 Å². The van der Waals surface area contributed by atoms with Gasteiger partial charge in [0.25, 0.3) is 5.91 Å². The minimum Gasteiger partial charge on any atom is -0.326 e. The minimum atomic E-state index is -0.358. The lowest BCUT2D eigenvalue weighted by Crippen LogP contribution is -2.15. The topological polar surface area (TPSA) is 58.2 Å². The molecule has 118 valence electrons. The number of amides is 2. The molecule has 1 saturated carbocycles. The number of anilines is 2. The second-order valence-corrected chi connectivity index (χ2v) is 6.18. The fourth-order valence-electron chi connectivity index (χ4n) is 2.14. The van der Waals surface area contributed by atoms with Gasteiger partial charge in [0.2, 0.25) is 5.91 Å². The molecule has 0 saturated heterocycles. The van der Waals surface area contributed by atoms with E-state index in [0.717, 1.165) is 12.8 Å². The Kier molecular flexibility index (Phi) is 4.55. The van der Waals surface area contributed by atoms with Crippen LogP contribution in [-0.4, -0.2) is 11.8 Å². The number of rotatable bonds is 4. The second-order valence-electron chi connectivity index (χ2n) is 5.40. The number of hydrogen-bond donors (Lipinski definition) is 2. The Labute approximate surface area is 143 Å². The van der Waals surface area contributed by atoms with Gasteiger partial charge in [0.15, 0.2) is 0 Å². The molecule has 0 spiro atoms. The highest BCUT2D eigenvalue weighted by atomic mass is 35.5. The summed E-state index contributed by atoms with van der Waals surface area (Å²) in [6.07, 6.45) is 1.88. The summed E-state index contributed by atoms with van der Waals surface area (Å²) in [5, 5.41) is 6.13. The molecule has 6 heteroatoms. The van der Waals surface area contributed by atoms with Gasteiger partial charge in [-0.3, -0.25) is 9.59 Å². The zero-order valence-corrected chi connectivity index (χ0v) is 13.6. The van der Waals surface area contributed by atoms with Crippen LogP contribution in [0.4, 0.5) is 11.4 Å². The van der Waals surface area contributed by atoms with Gasteiger partial charge < -0.3 is 10.6 Å². The number of carbonyl (C=O) groups excluding carboxylic acids is 2. The maximum absolute atomic E-state index is 12.3. The average Bonchev–Trinajstić information content (AvgIpc) is 3.35. The van der Waals surface area contributed by atoms with E-state index in [1.165, 1.54) is 0 Å². The van der Waals surface area contributed by atoms with Crippen molar-refractivity contribution in [3.63, 3.8) is 0 Å². The van der Waals surface area contributed by atoms with E-state index in [9.17, 15) is 9.59 Å². The van der Waals surface area contributed by atoms with Crippen molar-refractivity contribution in [2.45, 2.75) is 12.8 Å². The molecular weight excluding hydrogens is 335 g/mol. The molecule has 0 aliphatic heterocycles. The summed E-state index contributed by atoms with van der Waals surface area (Å²) in [5.74, 6) is -0.215. The Balaban J connectivity index is 1.73. The molecule has 2 N–H and O–H groups in total. The molecule has 2 aromatic rings. The highest BCUT2D eigenvalue weighted by Gasteiger charge is 2.29. The summed E-state index contributed by atoms with van der Waals surface area (Å²) in [5.41, 5.74) is 1.52. The molecule has 1 aliphatic carbocycles. The van der Waals surface area contributed by atoms with E-state index in [0.29, 0.717) is 22.0 Å². The van der Waals surface area contributed by atoms with E-state index in [1.54, 1.807) is 42.5 Å². The number of hydrogen-bond acceptors (Lipinski definition) is 2. The Hall–Kier alpha value is -2.04. The smallest absolute Gasteiger partial charge is 0.257 e. The lowest BCUT2D eigenvalue weighted by atomic mass is 10.2. The van der Waals surface area contributed by atoms with Gasteiger partial charge in [0.1, 0.15) is 0 Å². The van der Waals surface area contributed by atoms with Crippen LogP contribution in [0.3, 0.4) is 0 Å². The first-order chi connectivity index (χ1) is 11.0. The third kappa shape index (κ3) is 3.84. The van der Waals surface area contributed by atoms with Crippen LogP contribution >= 0.6 is 23.2 Å². The monoisotopic (exact) mass is 348 g/mol. The van der Waals surface area contributed by atoms with E-state index in [1.807, 2.05) is 0 Å². The highest BCUT2D eigenvalue weighted by Crippen LogP contribution is 2.30. The SMILES string of the molecule is O=C(Nc1cccc(NC(=O)C2CC2)c1)c1cccc(Cl)c1Cl. The van der Waals surface area contributed by atoms with Crippen LogP contribution in [0.5, 0.6) is 0 Å². The predicted molar refractivity (Wildman–Crippen MR) is 92.2 cm³/mol. The normalized spacial score (nSPS) is 13.5. The van der Waals surface area contributed by atoms with Crippen LogP contribution in [0, 0.1) is 5.92 Å². The summed E-state index contributed by atoms with van der Waals surface area (Å²) < 4.78 is 0. The minimum absolute atomic E-state index is 0.0198. The lowest BCUT2D eigenvalue weighted by Gasteiger charge is -2.10. The summed E-state index contributed by atoms with van der Waals surface area (Å²) >= 11 is 12.0. The average molecular weight is 349 g/mol. The first kappa shape index (κ1) is 15.8. The number of nitrogens with one attached hydrogen (secondary N) is 2. The van der Waals surface area contributed by atoms with Crippen molar-refractivity contribution >= 4 is 46.4 Å². The maximum Gasteiger partial charge on any atom is 0.257 e. The van der Waals surface area contributed by atoms with Crippen LogP contribution in [0.1, 0.15) is 23.2 Å². The summed E-state index contributed by atoms with van der Waals surface area (Å²) in [4.78, 5) is 24.1. The van der Waals surface area contributed by atoms with Gasteiger partial charge in [-0.25, -0.2) is 0 Å². The van der Waals surface area contributed by atoms with Gasteiger partial charge >= 0.3 is 0 Å². The van der Waals surface area contributed by atoms with Crippen molar-refractivity contribution in [2.24, 2.45) is 5.92 Å². The van der Waals surface area contributed by atoms with E-state index in [2.05, 4.69) is 10.6 Å². The fraction of sp³-hybridized carbons (Fsp3) is 0.176. The van der Waals surface area contributed by atoms with Crippen molar-refractivity contribution in [1.82, 2.24) is 0 Å². The van der Waals surface area contributed by atoms with Gasteiger partial charge in [-0.05, 0) is 43.2 Å². The molecule has 3 rings (SSSR count). The Bertz CT molecular complexity index is 773. The van der Waals surface area contributed by atoms with Crippen LogP contribution in [-0.2, 0) is 4.79 Å². The van der Waals surface area contributed by atoms with Gasteiger partial charge in [-0.15, -0.1) is 0 Å².